The predicted molar refractivity (Wildman–Crippen MR) is 98.5 cm³/mol. The van der Waals surface area contributed by atoms with Gasteiger partial charge in [0, 0.05) is 28.8 Å². The predicted octanol–water partition coefficient (Wildman–Crippen LogP) is 4.19. The van der Waals surface area contributed by atoms with Gasteiger partial charge in [-0.2, -0.15) is 0 Å². The number of carbonyl (C=O) groups excluding carboxylic acids is 1. The van der Waals surface area contributed by atoms with Gasteiger partial charge < -0.3 is 10.4 Å². The minimum atomic E-state index is -0.917. The zero-order chi connectivity index (χ0) is 18.0. The van der Waals surface area contributed by atoms with Crippen LogP contribution < -0.4 is 5.32 Å². The van der Waals surface area contributed by atoms with Gasteiger partial charge in [-0.3, -0.25) is 4.79 Å². The number of rotatable bonds is 3. The van der Waals surface area contributed by atoms with Crippen LogP contribution in [0.2, 0.25) is 0 Å². The number of hydrogen-bond acceptors (Lipinski definition) is 3. The van der Waals surface area contributed by atoms with E-state index in [-0.39, 0.29) is 17.2 Å². The summed E-state index contributed by atoms with van der Waals surface area (Å²) in [5, 5.41) is 12.7. The van der Waals surface area contributed by atoms with Crippen LogP contribution in [0.3, 0.4) is 0 Å². The maximum atomic E-state index is 12.8. The van der Waals surface area contributed by atoms with Gasteiger partial charge in [-0.05, 0) is 50.8 Å². The van der Waals surface area contributed by atoms with Gasteiger partial charge in [0.2, 0.25) is 0 Å². The lowest BCUT2D eigenvalue weighted by Gasteiger charge is -2.36. The van der Waals surface area contributed by atoms with E-state index < -0.39 is 5.97 Å². The number of benzene rings is 1. The molecule has 0 unspecified atom stereocenters. The van der Waals surface area contributed by atoms with Gasteiger partial charge in [0.15, 0.2) is 5.78 Å². The Morgan fingerprint density at radius 3 is 2.48 bits per heavy atom. The summed E-state index contributed by atoms with van der Waals surface area (Å²) in [7, 11) is 0. The summed E-state index contributed by atoms with van der Waals surface area (Å²) in [4.78, 5) is 24.1. The van der Waals surface area contributed by atoms with Crippen LogP contribution in [-0.4, -0.2) is 22.4 Å². The standard InChI is InChI=1S/C21H27NO3/c1-21(2)13-16-11-15(20(24)25)9-10-17(16)18(22-21)12-19(23)14-7-5-3-4-6-8-14/h9-12,14,22H,3-8,13H2,1-2H3,(H,24,25)/b18-12-. The molecule has 0 bridgehead atoms. The highest BCUT2D eigenvalue weighted by molar-refractivity contribution is 5.99. The van der Waals surface area contributed by atoms with Crippen molar-refractivity contribution in [3.8, 4) is 0 Å². The molecule has 0 radical (unpaired) electrons. The first-order chi connectivity index (χ1) is 11.9. The Hall–Kier alpha value is -2.10. The quantitative estimate of drug-likeness (QED) is 0.639. The van der Waals surface area contributed by atoms with Crippen molar-refractivity contribution < 1.29 is 14.7 Å². The molecule has 4 heteroatoms. The van der Waals surface area contributed by atoms with Gasteiger partial charge in [0.25, 0.3) is 0 Å². The summed E-state index contributed by atoms with van der Waals surface area (Å²) < 4.78 is 0. The number of nitrogens with one attached hydrogen (secondary N) is 1. The largest absolute Gasteiger partial charge is 0.478 e. The molecule has 0 amide bonds. The van der Waals surface area contributed by atoms with E-state index in [0.29, 0.717) is 5.56 Å². The minimum Gasteiger partial charge on any atom is -0.478 e. The molecule has 1 aliphatic carbocycles. The Kier molecular flexibility index (Phi) is 4.98. The molecular formula is C21H27NO3. The molecule has 0 spiro atoms. The number of carboxylic acids is 1. The summed E-state index contributed by atoms with van der Waals surface area (Å²) >= 11 is 0. The fraction of sp³-hybridized carbons (Fsp3) is 0.524. The average molecular weight is 341 g/mol. The fourth-order valence-corrected chi connectivity index (χ4v) is 4.03. The molecule has 2 N–H and O–H groups in total. The lowest BCUT2D eigenvalue weighted by atomic mass is 9.84. The highest BCUT2D eigenvalue weighted by Gasteiger charge is 2.29. The highest BCUT2D eigenvalue weighted by Crippen LogP contribution is 2.32. The van der Waals surface area contributed by atoms with E-state index in [1.165, 1.54) is 12.8 Å². The van der Waals surface area contributed by atoms with Crippen molar-refractivity contribution in [2.24, 2.45) is 5.92 Å². The lowest BCUT2D eigenvalue weighted by Crippen LogP contribution is -2.44. The van der Waals surface area contributed by atoms with Crippen molar-refractivity contribution in [2.75, 3.05) is 0 Å². The molecule has 1 saturated carbocycles. The molecule has 1 aliphatic heterocycles. The Morgan fingerprint density at radius 2 is 1.84 bits per heavy atom. The summed E-state index contributed by atoms with van der Waals surface area (Å²) in [5.41, 5.74) is 2.86. The second-order valence-electron chi connectivity index (χ2n) is 8.01. The van der Waals surface area contributed by atoms with Crippen molar-refractivity contribution >= 4 is 17.4 Å². The minimum absolute atomic E-state index is 0.128. The summed E-state index contributed by atoms with van der Waals surface area (Å²) in [6.45, 7) is 4.15. The third-order valence-corrected chi connectivity index (χ3v) is 5.29. The van der Waals surface area contributed by atoms with Crippen LogP contribution >= 0.6 is 0 Å². The van der Waals surface area contributed by atoms with Gasteiger partial charge in [0.05, 0.1) is 5.56 Å². The number of carboxylic acid groups (broad SMARTS) is 1. The van der Waals surface area contributed by atoms with Gasteiger partial charge in [-0.1, -0.05) is 31.7 Å². The molecule has 2 aliphatic rings. The molecule has 1 aromatic carbocycles. The van der Waals surface area contributed by atoms with Crippen LogP contribution in [0.5, 0.6) is 0 Å². The van der Waals surface area contributed by atoms with E-state index >= 15 is 0 Å². The van der Waals surface area contributed by atoms with Crippen LogP contribution in [0.1, 0.15) is 73.9 Å². The third kappa shape index (κ3) is 4.12. The number of allylic oxidation sites excluding steroid dienone is 1. The van der Waals surface area contributed by atoms with E-state index in [2.05, 4.69) is 19.2 Å². The van der Waals surface area contributed by atoms with Crippen LogP contribution in [0.4, 0.5) is 0 Å². The highest BCUT2D eigenvalue weighted by atomic mass is 16.4. The zero-order valence-corrected chi connectivity index (χ0v) is 15.1. The fourth-order valence-electron chi connectivity index (χ4n) is 4.03. The van der Waals surface area contributed by atoms with Crippen LogP contribution in [0.15, 0.2) is 24.3 Å². The number of fused-ring (bicyclic) bond motifs is 1. The van der Waals surface area contributed by atoms with Crippen molar-refractivity contribution in [3.05, 3.63) is 41.0 Å². The summed E-state index contributed by atoms with van der Waals surface area (Å²) in [6.07, 6.45) is 9.19. The van der Waals surface area contributed by atoms with E-state index in [1.807, 2.05) is 6.07 Å². The molecule has 0 aromatic heterocycles. The maximum absolute atomic E-state index is 12.8. The molecule has 4 nitrogen and oxygen atoms in total. The van der Waals surface area contributed by atoms with Crippen molar-refractivity contribution in [1.29, 1.82) is 0 Å². The first kappa shape index (κ1) is 17.7. The monoisotopic (exact) mass is 341 g/mol. The molecule has 1 aromatic rings. The lowest BCUT2D eigenvalue weighted by molar-refractivity contribution is -0.118. The second-order valence-corrected chi connectivity index (χ2v) is 8.01. The number of carbonyl (C=O) groups is 2. The van der Waals surface area contributed by atoms with Gasteiger partial charge in [0.1, 0.15) is 0 Å². The van der Waals surface area contributed by atoms with Gasteiger partial charge in [-0.25, -0.2) is 4.79 Å². The molecule has 1 fully saturated rings. The average Bonchev–Trinajstić information content (AvgIpc) is 2.82. The Morgan fingerprint density at radius 1 is 1.16 bits per heavy atom. The molecular weight excluding hydrogens is 314 g/mol. The topological polar surface area (TPSA) is 66.4 Å². The van der Waals surface area contributed by atoms with Crippen LogP contribution in [0.25, 0.3) is 5.70 Å². The van der Waals surface area contributed by atoms with E-state index in [4.69, 9.17) is 0 Å². The number of aromatic carboxylic acids is 1. The molecule has 1 heterocycles. The second kappa shape index (κ2) is 7.03. The molecule has 25 heavy (non-hydrogen) atoms. The van der Waals surface area contributed by atoms with Crippen molar-refractivity contribution in [2.45, 2.75) is 64.3 Å². The Bertz CT molecular complexity index is 710. The summed E-state index contributed by atoms with van der Waals surface area (Å²) in [6, 6.07) is 5.18. The smallest absolute Gasteiger partial charge is 0.335 e. The summed E-state index contributed by atoms with van der Waals surface area (Å²) in [5.74, 6) is -0.585. The maximum Gasteiger partial charge on any atom is 0.335 e. The van der Waals surface area contributed by atoms with E-state index in [1.54, 1.807) is 18.2 Å². The first-order valence-electron chi connectivity index (χ1n) is 9.26. The van der Waals surface area contributed by atoms with Gasteiger partial charge in [-0.15, -0.1) is 0 Å². The third-order valence-electron chi connectivity index (χ3n) is 5.29. The molecule has 3 rings (SSSR count). The Balaban J connectivity index is 1.93. The Labute approximate surface area is 149 Å². The number of ketones is 1. The molecule has 134 valence electrons. The van der Waals surface area contributed by atoms with Gasteiger partial charge >= 0.3 is 5.97 Å². The van der Waals surface area contributed by atoms with E-state index in [9.17, 15) is 14.7 Å². The van der Waals surface area contributed by atoms with Crippen molar-refractivity contribution in [3.63, 3.8) is 0 Å². The molecule has 0 atom stereocenters. The molecule has 0 saturated heterocycles. The first-order valence-corrected chi connectivity index (χ1v) is 9.26. The van der Waals surface area contributed by atoms with E-state index in [0.717, 1.165) is 48.9 Å². The SMILES string of the molecule is CC1(C)Cc2cc(C(=O)O)ccc2/C(=C/C(=O)C2CCCCCC2)N1. The van der Waals surface area contributed by atoms with Crippen molar-refractivity contribution in [1.82, 2.24) is 5.32 Å². The van der Waals surface area contributed by atoms with Crippen LogP contribution in [0, 0.1) is 5.92 Å². The van der Waals surface area contributed by atoms with Crippen LogP contribution in [-0.2, 0) is 11.2 Å². The number of hydrogen-bond donors (Lipinski definition) is 2. The normalized spacial score (nSPS) is 21.9. The zero-order valence-electron chi connectivity index (χ0n) is 15.1.